The number of amides is 3. The van der Waals surface area contributed by atoms with Gasteiger partial charge in [0.1, 0.15) is 0 Å². The number of carbonyl (C=O) groups excluding carboxylic acids is 2. The lowest BCUT2D eigenvalue weighted by Gasteiger charge is -2.16. The highest BCUT2D eigenvalue weighted by Gasteiger charge is 2.18. The molecule has 160 valence electrons. The molecule has 1 saturated heterocycles. The molecule has 0 saturated carbocycles. The average Bonchev–Trinajstić information content (AvgIpc) is 3.32. The largest absolute Gasteiger partial charge is 0.348 e. The third-order valence-corrected chi connectivity index (χ3v) is 5.60. The second kappa shape index (κ2) is 9.16. The molecule has 6 nitrogen and oxygen atoms in total. The van der Waals surface area contributed by atoms with Crippen molar-refractivity contribution in [2.24, 2.45) is 0 Å². The van der Waals surface area contributed by atoms with Crippen molar-refractivity contribution >= 4 is 28.5 Å². The summed E-state index contributed by atoms with van der Waals surface area (Å²) in [5.74, 6) is 0.0964. The summed E-state index contributed by atoms with van der Waals surface area (Å²) in [5, 5.41) is 6.82. The summed E-state index contributed by atoms with van der Waals surface area (Å²) in [5.41, 5.74) is 4.02. The Hall–Kier alpha value is -3.41. The van der Waals surface area contributed by atoms with Crippen LogP contribution in [0.4, 0.5) is 10.5 Å². The van der Waals surface area contributed by atoms with Gasteiger partial charge in [-0.2, -0.15) is 0 Å². The summed E-state index contributed by atoms with van der Waals surface area (Å²) in [6.07, 6.45) is 2.11. The highest BCUT2D eigenvalue weighted by Crippen LogP contribution is 2.22. The van der Waals surface area contributed by atoms with Gasteiger partial charge in [-0.1, -0.05) is 44.2 Å². The highest BCUT2D eigenvalue weighted by atomic mass is 16.2. The van der Waals surface area contributed by atoms with Crippen molar-refractivity contribution in [2.45, 2.75) is 39.2 Å². The summed E-state index contributed by atoms with van der Waals surface area (Å²) in [6.45, 7) is 6.13. The number of para-hydroxylation sites is 1. The number of anilines is 1. The van der Waals surface area contributed by atoms with Gasteiger partial charge in [-0.25, -0.2) is 4.79 Å². The second-order valence-electron chi connectivity index (χ2n) is 8.27. The van der Waals surface area contributed by atoms with E-state index in [0.29, 0.717) is 12.1 Å². The molecule has 0 unspecified atom stereocenters. The Bertz CT molecular complexity index is 1100. The summed E-state index contributed by atoms with van der Waals surface area (Å²) in [7, 11) is 0. The minimum atomic E-state index is -0.132. The van der Waals surface area contributed by atoms with Crippen LogP contribution in [-0.4, -0.2) is 34.9 Å². The van der Waals surface area contributed by atoms with E-state index in [4.69, 9.17) is 0 Å². The van der Waals surface area contributed by atoms with E-state index in [9.17, 15) is 9.59 Å². The van der Waals surface area contributed by atoms with E-state index in [1.165, 1.54) is 0 Å². The molecule has 2 aromatic carbocycles. The molecule has 6 heteroatoms. The first kappa shape index (κ1) is 20.8. The van der Waals surface area contributed by atoms with Gasteiger partial charge in [0, 0.05) is 36.4 Å². The van der Waals surface area contributed by atoms with Crippen LogP contribution in [0.3, 0.4) is 0 Å². The molecule has 0 bridgehead atoms. The van der Waals surface area contributed by atoms with Crippen LogP contribution in [0.25, 0.3) is 10.9 Å². The van der Waals surface area contributed by atoms with E-state index in [0.717, 1.165) is 53.8 Å². The molecule has 2 heterocycles. The number of likely N-dealkylation sites (tertiary alicyclic amines) is 1. The van der Waals surface area contributed by atoms with Gasteiger partial charge in [0.25, 0.3) is 5.91 Å². The molecule has 3 amide bonds. The molecule has 31 heavy (non-hydrogen) atoms. The Kier molecular flexibility index (Phi) is 6.16. The van der Waals surface area contributed by atoms with Gasteiger partial charge < -0.3 is 15.5 Å². The third kappa shape index (κ3) is 4.85. The summed E-state index contributed by atoms with van der Waals surface area (Å²) >= 11 is 0. The summed E-state index contributed by atoms with van der Waals surface area (Å²) < 4.78 is 0. The van der Waals surface area contributed by atoms with Crippen molar-refractivity contribution in [3.05, 3.63) is 71.4 Å². The maximum Gasteiger partial charge on any atom is 0.321 e. The molecule has 1 aliphatic heterocycles. The number of nitrogens with zero attached hydrogens (tertiary/aromatic N) is 2. The lowest BCUT2D eigenvalue weighted by Crippen LogP contribution is -2.32. The summed E-state index contributed by atoms with van der Waals surface area (Å²) in [6, 6.07) is 17.1. The van der Waals surface area contributed by atoms with E-state index < -0.39 is 0 Å². The van der Waals surface area contributed by atoms with E-state index in [2.05, 4.69) is 29.5 Å². The Morgan fingerprint density at radius 3 is 2.58 bits per heavy atom. The molecule has 2 N–H and O–H groups in total. The van der Waals surface area contributed by atoms with Crippen LogP contribution in [0.15, 0.2) is 54.6 Å². The molecule has 1 fully saturated rings. The van der Waals surface area contributed by atoms with Crippen LogP contribution >= 0.6 is 0 Å². The zero-order valence-corrected chi connectivity index (χ0v) is 18.0. The van der Waals surface area contributed by atoms with Gasteiger partial charge in [0.2, 0.25) is 0 Å². The fraction of sp³-hybridized carbons (Fsp3) is 0.320. The number of benzene rings is 2. The van der Waals surface area contributed by atoms with Crippen LogP contribution in [0.2, 0.25) is 0 Å². The predicted molar refractivity (Wildman–Crippen MR) is 123 cm³/mol. The van der Waals surface area contributed by atoms with Crippen molar-refractivity contribution < 1.29 is 9.59 Å². The number of aromatic nitrogens is 1. The summed E-state index contributed by atoms with van der Waals surface area (Å²) in [4.78, 5) is 31.9. The van der Waals surface area contributed by atoms with E-state index in [1.807, 2.05) is 59.5 Å². The Morgan fingerprint density at radius 1 is 1.03 bits per heavy atom. The zero-order valence-electron chi connectivity index (χ0n) is 18.0. The van der Waals surface area contributed by atoms with E-state index >= 15 is 0 Å². The first-order chi connectivity index (χ1) is 15.0. The fourth-order valence-corrected chi connectivity index (χ4v) is 3.84. The van der Waals surface area contributed by atoms with Gasteiger partial charge in [-0.3, -0.25) is 9.78 Å². The Balaban J connectivity index is 1.47. The maximum atomic E-state index is 13.0. The molecule has 1 aliphatic rings. The Morgan fingerprint density at radius 2 is 1.81 bits per heavy atom. The predicted octanol–water partition coefficient (Wildman–Crippen LogP) is 4.92. The number of hydrogen-bond donors (Lipinski definition) is 2. The highest BCUT2D eigenvalue weighted by molar-refractivity contribution is 6.06. The molecule has 3 aromatic rings. The second-order valence-corrected chi connectivity index (χ2v) is 8.27. The van der Waals surface area contributed by atoms with Gasteiger partial charge in [-0.15, -0.1) is 0 Å². The average molecular weight is 417 g/mol. The molecule has 4 rings (SSSR count). The minimum Gasteiger partial charge on any atom is -0.348 e. The SMILES string of the molecule is CC(C)c1cc(C(=O)NCc2cccc(NC(=O)N3CCCC3)c2)c2ccccc2n1. The zero-order chi connectivity index (χ0) is 21.8. The molecule has 1 aromatic heterocycles. The molecular formula is C25H28N4O2. The van der Waals surface area contributed by atoms with Crippen LogP contribution in [0.1, 0.15) is 54.2 Å². The topological polar surface area (TPSA) is 74.3 Å². The van der Waals surface area contributed by atoms with E-state index in [-0.39, 0.29) is 17.9 Å². The van der Waals surface area contributed by atoms with Crippen LogP contribution in [-0.2, 0) is 6.54 Å². The Labute approximate surface area is 182 Å². The number of hydrogen-bond acceptors (Lipinski definition) is 3. The van der Waals surface area contributed by atoms with Crippen LogP contribution < -0.4 is 10.6 Å². The maximum absolute atomic E-state index is 13.0. The van der Waals surface area contributed by atoms with Gasteiger partial charge >= 0.3 is 6.03 Å². The molecular weight excluding hydrogens is 388 g/mol. The minimum absolute atomic E-state index is 0.0665. The normalized spacial score (nSPS) is 13.6. The van der Waals surface area contributed by atoms with E-state index in [1.54, 1.807) is 0 Å². The number of carbonyl (C=O) groups is 2. The third-order valence-electron chi connectivity index (χ3n) is 5.60. The number of urea groups is 1. The molecule has 0 radical (unpaired) electrons. The number of fused-ring (bicyclic) bond motifs is 1. The van der Waals surface area contributed by atoms with Gasteiger partial charge in [0.15, 0.2) is 0 Å². The first-order valence-electron chi connectivity index (χ1n) is 10.8. The lowest BCUT2D eigenvalue weighted by atomic mass is 10.0. The van der Waals surface area contributed by atoms with Crippen molar-refractivity contribution in [3.8, 4) is 0 Å². The standard InChI is InChI=1S/C25H28N4O2/c1-17(2)23-15-21(20-10-3-4-11-22(20)28-23)24(30)26-16-18-8-7-9-19(14-18)27-25(31)29-12-5-6-13-29/h3-4,7-11,14-15,17H,5-6,12-13,16H2,1-2H3,(H,26,30)(H,27,31). The van der Waals surface area contributed by atoms with Crippen molar-refractivity contribution in [3.63, 3.8) is 0 Å². The number of rotatable bonds is 5. The van der Waals surface area contributed by atoms with Crippen molar-refractivity contribution in [2.75, 3.05) is 18.4 Å². The molecule has 0 spiro atoms. The van der Waals surface area contributed by atoms with Crippen molar-refractivity contribution in [1.29, 1.82) is 0 Å². The molecule has 0 atom stereocenters. The van der Waals surface area contributed by atoms with Crippen LogP contribution in [0.5, 0.6) is 0 Å². The van der Waals surface area contributed by atoms with Gasteiger partial charge in [-0.05, 0) is 48.6 Å². The van der Waals surface area contributed by atoms with Crippen LogP contribution in [0, 0.1) is 0 Å². The monoisotopic (exact) mass is 416 g/mol. The van der Waals surface area contributed by atoms with Gasteiger partial charge in [0.05, 0.1) is 11.1 Å². The lowest BCUT2D eigenvalue weighted by molar-refractivity contribution is 0.0952. The molecule has 0 aliphatic carbocycles. The quantitative estimate of drug-likeness (QED) is 0.620. The number of nitrogens with one attached hydrogen (secondary N) is 2. The smallest absolute Gasteiger partial charge is 0.321 e. The fourth-order valence-electron chi connectivity index (χ4n) is 3.84. The number of pyridine rings is 1. The first-order valence-corrected chi connectivity index (χ1v) is 10.8. The van der Waals surface area contributed by atoms with Crippen molar-refractivity contribution in [1.82, 2.24) is 15.2 Å².